The molecule has 0 atom stereocenters. The minimum Gasteiger partial charge on any atom is -0.311 e. The maximum Gasteiger partial charge on any atom is 0.271 e. The third kappa shape index (κ3) is 2.98. The highest BCUT2D eigenvalue weighted by atomic mass is 32.2. The molecule has 0 saturated carbocycles. The molecule has 1 aliphatic rings. The van der Waals surface area contributed by atoms with Gasteiger partial charge in [0.2, 0.25) is 5.91 Å². The van der Waals surface area contributed by atoms with Crippen LogP contribution in [-0.4, -0.2) is 27.8 Å². The van der Waals surface area contributed by atoms with Gasteiger partial charge in [-0.2, -0.15) is 0 Å². The van der Waals surface area contributed by atoms with Crippen LogP contribution < -0.4 is 10.5 Å². The summed E-state index contributed by atoms with van der Waals surface area (Å²) in [6.07, 6.45) is 1.99. The molecule has 0 bridgehead atoms. The highest BCUT2D eigenvalue weighted by Gasteiger charge is 2.22. The van der Waals surface area contributed by atoms with Crippen molar-refractivity contribution >= 4 is 44.9 Å². The standard InChI is InChI=1S/C18H17N3O2S2/c1-20-17(23)16-13(8-10-24-16)19-18(20)25-11-15(22)21-9-4-6-12-5-2-3-7-14(12)21/h2-3,5,7-8,10H,4,6,9,11H2,1H3. The zero-order valence-electron chi connectivity index (χ0n) is 13.8. The van der Waals surface area contributed by atoms with Crippen molar-refractivity contribution in [3.05, 3.63) is 51.6 Å². The average molecular weight is 371 g/mol. The number of anilines is 1. The number of benzene rings is 1. The molecule has 128 valence electrons. The molecule has 1 aromatic carbocycles. The van der Waals surface area contributed by atoms with Gasteiger partial charge in [-0.1, -0.05) is 30.0 Å². The summed E-state index contributed by atoms with van der Waals surface area (Å²) in [6, 6.07) is 9.90. The van der Waals surface area contributed by atoms with Crippen molar-refractivity contribution in [1.29, 1.82) is 0 Å². The Morgan fingerprint density at radius 2 is 2.16 bits per heavy atom. The average Bonchev–Trinajstić information content (AvgIpc) is 3.11. The number of nitrogens with zero attached hydrogens (tertiary/aromatic N) is 3. The number of carbonyl (C=O) groups excluding carboxylic acids is 1. The van der Waals surface area contributed by atoms with Crippen LogP contribution in [0.1, 0.15) is 12.0 Å². The molecule has 0 aliphatic carbocycles. The third-order valence-corrected chi connectivity index (χ3v) is 6.29. The highest BCUT2D eigenvalue weighted by Crippen LogP contribution is 2.28. The molecular formula is C18H17N3O2S2. The number of fused-ring (bicyclic) bond motifs is 2. The molecule has 0 radical (unpaired) electrons. The SMILES string of the molecule is Cn1c(SCC(=O)N2CCCc3ccccc32)nc2ccsc2c1=O. The summed E-state index contributed by atoms with van der Waals surface area (Å²) < 4.78 is 2.18. The number of thiophene rings is 1. The maximum atomic E-state index is 12.7. The summed E-state index contributed by atoms with van der Waals surface area (Å²) in [5.41, 5.74) is 2.87. The Morgan fingerprint density at radius 1 is 1.32 bits per heavy atom. The van der Waals surface area contributed by atoms with Gasteiger partial charge in [-0.25, -0.2) is 4.98 Å². The van der Waals surface area contributed by atoms with E-state index in [0.717, 1.165) is 25.1 Å². The molecule has 0 fully saturated rings. The summed E-state index contributed by atoms with van der Waals surface area (Å²) in [7, 11) is 1.71. The summed E-state index contributed by atoms with van der Waals surface area (Å²) in [5.74, 6) is 0.321. The van der Waals surface area contributed by atoms with E-state index < -0.39 is 0 Å². The molecule has 1 aliphatic heterocycles. The lowest BCUT2D eigenvalue weighted by Gasteiger charge is -2.29. The Balaban J connectivity index is 1.55. The van der Waals surface area contributed by atoms with Gasteiger partial charge in [-0.05, 0) is 35.9 Å². The number of hydrogen-bond donors (Lipinski definition) is 0. The van der Waals surface area contributed by atoms with E-state index in [1.165, 1.54) is 33.2 Å². The van der Waals surface area contributed by atoms with Gasteiger partial charge < -0.3 is 4.90 Å². The van der Waals surface area contributed by atoms with Crippen LogP contribution in [0.25, 0.3) is 10.2 Å². The van der Waals surface area contributed by atoms with Crippen LogP contribution in [0.5, 0.6) is 0 Å². The molecule has 7 heteroatoms. The Labute approximate surface area is 153 Å². The van der Waals surface area contributed by atoms with Crippen LogP contribution in [0.3, 0.4) is 0 Å². The number of rotatable bonds is 3. The van der Waals surface area contributed by atoms with Gasteiger partial charge in [0.05, 0.1) is 11.3 Å². The first-order chi connectivity index (χ1) is 12.1. The number of aromatic nitrogens is 2. The number of amides is 1. The second-order valence-corrected chi connectivity index (χ2v) is 7.82. The van der Waals surface area contributed by atoms with E-state index in [4.69, 9.17) is 0 Å². The lowest BCUT2D eigenvalue weighted by atomic mass is 10.0. The Morgan fingerprint density at radius 3 is 3.04 bits per heavy atom. The Bertz CT molecular complexity index is 1010. The Kier molecular flexibility index (Phi) is 4.35. The number of aryl methyl sites for hydroxylation is 1. The molecule has 0 unspecified atom stereocenters. The van der Waals surface area contributed by atoms with Gasteiger partial charge >= 0.3 is 0 Å². The Hall–Kier alpha value is -2.12. The monoisotopic (exact) mass is 371 g/mol. The van der Waals surface area contributed by atoms with Crippen molar-refractivity contribution in [1.82, 2.24) is 9.55 Å². The van der Waals surface area contributed by atoms with E-state index in [0.29, 0.717) is 15.4 Å². The van der Waals surface area contributed by atoms with Gasteiger partial charge in [-0.3, -0.25) is 14.2 Å². The molecular weight excluding hydrogens is 354 g/mol. The second kappa shape index (κ2) is 6.65. The first-order valence-electron chi connectivity index (χ1n) is 8.10. The molecule has 4 rings (SSSR count). The van der Waals surface area contributed by atoms with Crippen LogP contribution in [0.4, 0.5) is 5.69 Å². The summed E-state index contributed by atoms with van der Waals surface area (Å²) in [6.45, 7) is 0.742. The van der Waals surface area contributed by atoms with Crippen LogP contribution in [0, 0.1) is 0 Å². The lowest BCUT2D eigenvalue weighted by molar-refractivity contribution is -0.116. The first-order valence-corrected chi connectivity index (χ1v) is 9.97. The first kappa shape index (κ1) is 16.4. The lowest BCUT2D eigenvalue weighted by Crippen LogP contribution is -2.36. The summed E-state index contributed by atoms with van der Waals surface area (Å²) in [5, 5.41) is 2.44. The van der Waals surface area contributed by atoms with E-state index in [-0.39, 0.29) is 17.2 Å². The van der Waals surface area contributed by atoms with Gasteiger partial charge in [0.15, 0.2) is 5.16 Å². The van der Waals surface area contributed by atoms with E-state index in [9.17, 15) is 9.59 Å². The minimum atomic E-state index is -0.0572. The van der Waals surface area contributed by atoms with Crippen LogP contribution in [0.15, 0.2) is 45.7 Å². The molecule has 2 aromatic heterocycles. The maximum absolute atomic E-state index is 12.7. The zero-order chi connectivity index (χ0) is 17.4. The predicted molar refractivity (Wildman–Crippen MR) is 103 cm³/mol. The van der Waals surface area contributed by atoms with Gasteiger partial charge in [0, 0.05) is 19.3 Å². The molecule has 0 spiro atoms. The van der Waals surface area contributed by atoms with E-state index in [1.54, 1.807) is 7.05 Å². The number of para-hydroxylation sites is 1. The second-order valence-electron chi connectivity index (χ2n) is 5.96. The number of carbonyl (C=O) groups is 1. The third-order valence-electron chi connectivity index (χ3n) is 4.38. The molecule has 0 N–H and O–H groups in total. The van der Waals surface area contributed by atoms with Crippen LogP contribution in [0.2, 0.25) is 0 Å². The van der Waals surface area contributed by atoms with E-state index in [1.807, 2.05) is 34.5 Å². The fourth-order valence-corrected chi connectivity index (χ4v) is 4.75. The van der Waals surface area contributed by atoms with Crippen molar-refractivity contribution in [3.63, 3.8) is 0 Å². The van der Waals surface area contributed by atoms with Crippen molar-refractivity contribution in [3.8, 4) is 0 Å². The summed E-state index contributed by atoms with van der Waals surface area (Å²) >= 11 is 2.72. The van der Waals surface area contributed by atoms with E-state index >= 15 is 0 Å². The van der Waals surface area contributed by atoms with Crippen LogP contribution in [-0.2, 0) is 18.3 Å². The summed E-state index contributed by atoms with van der Waals surface area (Å²) in [4.78, 5) is 31.5. The number of hydrogen-bond acceptors (Lipinski definition) is 5. The van der Waals surface area contributed by atoms with Gasteiger partial charge in [-0.15, -0.1) is 11.3 Å². The van der Waals surface area contributed by atoms with Crippen molar-refractivity contribution < 1.29 is 4.79 Å². The normalized spacial score (nSPS) is 13.9. The van der Waals surface area contributed by atoms with Crippen LogP contribution >= 0.6 is 23.1 Å². The minimum absolute atomic E-state index is 0.0526. The van der Waals surface area contributed by atoms with Gasteiger partial charge in [0.1, 0.15) is 4.70 Å². The number of thioether (sulfide) groups is 1. The quantitative estimate of drug-likeness (QED) is 0.524. The molecule has 25 heavy (non-hydrogen) atoms. The molecule has 3 heterocycles. The fourth-order valence-electron chi connectivity index (χ4n) is 3.09. The zero-order valence-corrected chi connectivity index (χ0v) is 15.4. The van der Waals surface area contributed by atoms with Crippen molar-refractivity contribution in [2.75, 3.05) is 17.2 Å². The largest absolute Gasteiger partial charge is 0.311 e. The fraction of sp³-hybridized carbons (Fsp3) is 0.278. The smallest absolute Gasteiger partial charge is 0.271 e. The van der Waals surface area contributed by atoms with Gasteiger partial charge in [0.25, 0.3) is 5.56 Å². The highest BCUT2D eigenvalue weighted by molar-refractivity contribution is 7.99. The molecule has 3 aromatic rings. The van der Waals surface area contributed by atoms with E-state index in [2.05, 4.69) is 11.1 Å². The molecule has 1 amide bonds. The predicted octanol–water partition coefficient (Wildman–Crippen LogP) is 3.07. The molecule has 0 saturated heterocycles. The van der Waals surface area contributed by atoms with Crippen molar-refractivity contribution in [2.45, 2.75) is 18.0 Å². The topological polar surface area (TPSA) is 55.2 Å². The molecule has 5 nitrogen and oxygen atoms in total. The van der Waals surface area contributed by atoms with Crippen molar-refractivity contribution in [2.24, 2.45) is 7.05 Å².